The number of phenols is 2. The van der Waals surface area contributed by atoms with Gasteiger partial charge in [0.05, 0.1) is 13.5 Å². The van der Waals surface area contributed by atoms with Gasteiger partial charge in [-0.2, -0.15) is 0 Å². The number of hydrogen-bond acceptors (Lipinski definition) is 7. The van der Waals surface area contributed by atoms with E-state index in [0.29, 0.717) is 24.0 Å². The SMILES string of the molecule is COc1cc(C=CC(=O)CC(=O)C=Cc2ccc(O)c(OCC(=O)CCCc3ccccc3)c2)ccc1O. The molecular formula is C31H30O7. The average Bonchev–Trinajstić information content (AvgIpc) is 2.92. The first-order valence-electron chi connectivity index (χ1n) is 12.1. The molecule has 0 spiro atoms. The number of benzene rings is 3. The molecule has 196 valence electrons. The maximum atomic E-state index is 12.2. The van der Waals surface area contributed by atoms with Crippen molar-refractivity contribution >= 4 is 29.5 Å². The van der Waals surface area contributed by atoms with Gasteiger partial charge in [-0.05, 0) is 65.9 Å². The Morgan fingerprint density at radius 2 is 1.37 bits per heavy atom. The summed E-state index contributed by atoms with van der Waals surface area (Å²) in [6.07, 6.45) is 7.18. The molecule has 7 nitrogen and oxygen atoms in total. The summed E-state index contributed by atoms with van der Waals surface area (Å²) < 4.78 is 10.5. The zero-order valence-corrected chi connectivity index (χ0v) is 21.1. The average molecular weight is 515 g/mol. The molecule has 0 aliphatic rings. The van der Waals surface area contributed by atoms with Crippen LogP contribution in [0.2, 0.25) is 0 Å². The number of methoxy groups -OCH3 is 1. The number of aryl methyl sites for hydroxylation is 1. The predicted octanol–water partition coefficient (Wildman–Crippen LogP) is 5.33. The number of carbonyl (C=O) groups excluding carboxylic acids is 3. The molecule has 0 aliphatic carbocycles. The van der Waals surface area contributed by atoms with Crippen molar-refractivity contribution in [3.63, 3.8) is 0 Å². The molecule has 0 saturated carbocycles. The van der Waals surface area contributed by atoms with E-state index < -0.39 is 5.78 Å². The van der Waals surface area contributed by atoms with Crippen molar-refractivity contribution < 1.29 is 34.1 Å². The van der Waals surface area contributed by atoms with Gasteiger partial charge in [-0.1, -0.05) is 54.6 Å². The molecule has 0 radical (unpaired) electrons. The van der Waals surface area contributed by atoms with E-state index >= 15 is 0 Å². The van der Waals surface area contributed by atoms with Gasteiger partial charge >= 0.3 is 0 Å². The number of rotatable bonds is 14. The fraction of sp³-hybridized carbons (Fsp3) is 0.194. The van der Waals surface area contributed by atoms with Crippen LogP contribution in [-0.2, 0) is 20.8 Å². The summed E-state index contributed by atoms with van der Waals surface area (Å²) in [5.41, 5.74) is 2.38. The molecule has 38 heavy (non-hydrogen) atoms. The topological polar surface area (TPSA) is 110 Å². The predicted molar refractivity (Wildman–Crippen MR) is 145 cm³/mol. The Morgan fingerprint density at radius 1 is 0.789 bits per heavy atom. The highest BCUT2D eigenvalue weighted by atomic mass is 16.5. The zero-order chi connectivity index (χ0) is 27.3. The lowest BCUT2D eigenvalue weighted by atomic mass is 10.1. The Hall–Kier alpha value is -4.65. The van der Waals surface area contributed by atoms with Crippen LogP contribution in [0.3, 0.4) is 0 Å². The molecule has 3 aromatic carbocycles. The third-order valence-corrected chi connectivity index (χ3v) is 5.61. The third kappa shape index (κ3) is 9.09. The molecule has 0 amide bonds. The first kappa shape index (κ1) is 27.9. The second kappa shape index (κ2) is 14.2. The lowest BCUT2D eigenvalue weighted by Crippen LogP contribution is -2.11. The molecule has 0 heterocycles. The van der Waals surface area contributed by atoms with Gasteiger partial charge < -0.3 is 19.7 Å². The van der Waals surface area contributed by atoms with Crippen LogP contribution in [0.25, 0.3) is 12.2 Å². The van der Waals surface area contributed by atoms with Crippen molar-refractivity contribution in [1.29, 1.82) is 0 Å². The summed E-state index contributed by atoms with van der Waals surface area (Å²) in [6.45, 7) is -0.164. The smallest absolute Gasteiger partial charge is 0.170 e. The van der Waals surface area contributed by atoms with Gasteiger partial charge in [0.25, 0.3) is 0 Å². The Morgan fingerprint density at radius 3 is 1.97 bits per heavy atom. The summed E-state index contributed by atoms with van der Waals surface area (Å²) in [5.74, 6) is -0.558. The van der Waals surface area contributed by atoms with Crippen LogP contribution in [0, 0.1) is 0 Å². The molecule has 0 fully saturated rings. The van der Waals surface area contributed by atoms with E-state index in [0.717, 1.165) is 6.42 Å². The maximum absolute atomic E-state index is 12.2. The molecule has 0 aliphatic heterocycles. The minimum Gasteiger partial charge on any atom is -0.504 e. The number of ketones is 3. The quantitative estimate of drug-likeness (QED) is 0.221. The molecule has 0 aromatic heterocycles. The van der Waals surface area contributed by atoms with E-state index in [1.807, 2.05) is 30.3 Å². The van der Waals surface area contributed by atoms with Crippen LogP contribution < -0.4 is 9.47 Å². The van der Waals surface area contributed by atoms with Crippen molar-refractivity contribution in [3.05, 3.63) is 95.6 Å². The fourth-order valence-electron chi connectivity index (χ4n) is 3.58. The van der Waals surface area contributed by atoms with E-state index in [9.17, 15) is 24.6 Å². The molecule has 3 rings (SSSR count). The highest BCUT2D eigenvalue weighted by Crippen LogP contribution is 2.28. The van der Waals surface area contributed by atoms with Crippen LogP contribution in [-0.4, -0.2) is 41.3 Å². The fourth-order valence-corrected chi connectivity index (χ4v) is 3.58. The number of ether oxygens (including phenoxy) is 2. The standard InChI is InChI=1S/C31H30O7/c1-37-30-18-23(12-16-28(30)35)10-14-25(32)20-26(33)15-11-24-13-17-29(36)31(19-24)38-21-27(34)9-5-8-22-6-3-2-4-7-22/h2-4,6-7,10-19,35-36H,5,8-9,20-21H2,1H3. The van der Waals surface area contributed by atoms with Gasteiger partial charge in [0.15, 0.2) is 40.3 Å². The lowest BCUT2D eigenvalue weighted by Gasteiger charge is -2.08. The Bertz CT molecular complexity index is 1320. The second-order valence-electron chi connectivity index (χ2n) is 8.60. The Kier molecular flexibility index (Phi) is 10.4. The first-order chi connectivity index (χ1) is 18.3. The molecule has 0 saturated heterocycles. The summed E-state index contributed by atoms with van der Waals surface area (Å²) >= 11 is 0. The molecule has 0 atom stereocenters. The molecule has 7 heteroatoms. The molecule has 2 N–H and O–H groups in total. The second-order valence-corrected chi connectivity index (χ2v) is 8.60. The summed E-state index contributed by atoms with van der Waals surface area (Å²) in [7, 11) is 1.43. The Labute approximate surface area is 221 Å². The van der Waals surface area contributed by atoms with E-state index in [1.165, 1.54) is 55.2 Å². The number of phenolic OH excluding ortho intramolecular Hbond substituents is 2. The minimum absolute atomic E-state index is 0.00971. The summed E-state index contributed by atoms with van der Waals surface area (Å²) in [5, 5.41) is 19.7. The van der Waals surface area contributed by atoms with Crippen molar-refractivity contribution in [3.8, 4) is 23.0 Å². The largest absolute Gasteiger partial charge is 0.504 e. The van der Waals surface area contributed by atoms with Crippen LogP contribution in [0.1, 0.15) is 36.0 Å². The highest BCUT2D eigenvalue weighted by Gasteiger charge is 2.09. The van der Waals surface area contributed by atoms with Crippen LogP contribution in [0.5, 0.6) is 23.0 Å². The van der Waals surface area contributed by atoms with E-state index in [2.05, 4.69) is 0 Å². The monoisotopic (exact) mass is 514 g/mol. The van der Waals surface area contributed by atoms with E-state index in [1.54, 1.807) is 18.2 Å². The van der Waals surface area contributed by atoms with Crippen molar-refractivity contribution in [2.45, 2.75) is 25.7 Å². The number of carbonyl (C=O) groups is 3. The van der Waals surface area contributed by atoms with Crippen LogP contribution in [0.15, 0.2) is 78.9 Å². The van der Waals surface area contributed by atoms with Gasteiger partial charge in [0.2, 0.25) is 0 Å². The number of aromatic hydroxyl groups is 2. The Balaban J connectivity index is 1.47. The van der Waals surface area contributed by atoms with Gasteiger partial charge in [-0.15, -0.1) is 0 Å². The zero-order valence-electron chi connectivity index (χ0n) is 21.1. The lowest BCUT2D eigenvalue weighted by molar-refractivity contribution is -0.122. The minimum atomic E-state index is -0.396. The van der Waals surface area contributed by atoms with Gasteiger partial charge in [0.1, 0.15) is 6.61 Å². The van der Waals surface area contributed by atoms with Crippen molar-refractivity contribution in [2.75, 3.05) is 13.7 Å². The molecule has 0 bridgehead atoms. The number of Topliss-reactive ketones (excluding diaryl/α,β-unsaturated/α-hetero) is 1. The van der Waals surface area contributed by atoms with Gasteiger partial charge in [-0.25, -0.2) is 0 Å². The van der Waals surface area contributed by atoms with Crippen molar-refractivity contribution in [2.24, 2.45) is 0 Å². The molecular weight excluding hydrogens is 484 g/mol. The number of hydrogen-bond donors (Lipinski definition) is 2. The highest BCUT2D eigenvalue weighted by molar-refractivity contribution is 6.10. The third-order valence-electron chi connectivity index (χ3n) is 5.61. The normalized spacial score (nSPS) is 11.1. The number of allylic oxidation sites excluding steroid dienone is 2. The van der Waals surface area contributed by atoms with Crippen LogP contribution in [0.4, 0.5) is 0 Å². The van der Waals surface area contributed by atoms with E-state index in [4.69, 9.17) is 9.47 Å². The van der Waals surface area contributed by atoms with Crippen LogP contribution >= 0.6 is 0 Å². The van der Waals surface area contributed by atoms with Gasteiger partial charge in [0, 0.05) is 6.42 Å². The summed E-state index contributed by atoms with van der Waals surface area (Å²) in [6, 6.07) is 19.1. The van der Waals surface area contributed by atoms with Crippen molar-refractivity contribution in [1.82, 2.24) is 0 Å². The van der Waals surface area contributed by atoms with E-state index in [-0.39, 0.29) is 47.6 Å². The maximum Gasteiger partial charge on any atom is 0.170 e. The molecule has 3 aromatic rings. The molecule has 0 unspecified atom stereocenters. The van der Waals surface area contributed by atoms with Gasteiger partial charge in [-0.3, -0.25) is 14.4 Å². The summed E-state index contributed by atoms with van der Waals surface area (Å²) in [4.78, 5) is 36.6. The first-order valence-corrected chi connectivity index (χ1v) is 12.1.